The van der Waals surface area contributed by atoms with Crippen LogP contribution in [0.2, 0.25) is 0 Å². The van der Waals surface area contributed by atoms with E-state index in [-0.39, 0.29) is 5.69 Å². The molecule has 0 bridgehead atoms. The van der Waals surface area contributed by atoms with Crippen LogP contribution in [-0.4, -0.2) is 32.3 Å². The van der Waals surface area contributed by atoms with E-state index < -0.39 is 22.3 Å². The van der Waals surface area contributed by atoms with Gasteiger partial charge in [0.05, 0.1) is 11.1 Å². The van der Waals surface area contributed by atoms with E-state index in [0.29, 0.717) is 5.56 Å². The monoisotopic (exact) mass is 289 g/mol. The normalized spacial score (nSPS) is 10.7. The lowest BCUT2D eigenvalue weighted by Crippen LogP contribution is -2.18. The van der Waals surface area contributed by atoms with Gasteiger partial charge in [-0.1, -0.05) is 0 Å². The molecule has 0 radical (unpaired) electrons. The maximum atomic E-state index is 11.6. The molecule has 21 heavy (non-hydrogen) atoms. The number of phenols is 1. The Balaban J connectivity index is 2.03. The molecule has 0 unspecified atom stereocenters. The van der Waals surface area contributed by atoms with Gasteiger partial charge < -0.3 is 5.11 Å². The van der Waals surface area contributed by atoms with Gasteiger partial charge in [0, 0.05) is 11.8 Å². The molecule has 3 N–H and O–H groups in total. The summed E-state index contributed by atoms with van der Waals surface area (Å²) in [6.45, 7) is 1.76. The van der Waals surface area contributed by atoms with E-state index in [4.69, 9.17) is 0 Å². The van der Waals surface area contributed by atoms with Crippen LogP contribution in [0.15, 0.2) is 29.4 Å². The number of aryl methyl sites for hydroxylation is 1. The van der Waals surface area contributed by atoms with Crippen molar-refractivity contribution in [1.29, 1.82) is 0 Å². The average Bonchev–Trinajstić information content (AvgIpc) is 2.85. The van der Waals surface area contributed by atoms with E-state index in [1.807, 2.05) is 0 Å². The maximum absolute atomic E-state index is 11.6. The number of aromatic nitrogens is 2. The second-order valence-corrected chi connectivity index (χ2v) is 4.14. The van der Waals surface area contributed by atoms with E-state index in [9.17, 15) is 20.0 Å². The van der Waals surface area contributed by atoms with Gasteiger partial charge in [0.1, 0.15) is 0 Å². The van der Waals surface area contributed by atoms with Gasteiger partial charge in [-0.05, 0) is 30.7 Å². The van der Waals surface area contributed by atoms with Gasteiger partial charge in [-0.2, -0.15) is 10.2 Å². The fraction of sp³-hybridized carbons (Fsp3) is 0.0833. The molecule has 0 saturated carbocycles. The number of hydrogen-bond donors (Lipinski definition) is 3. The molecule has 9 heteroatoms. The van der Waals surface area contributed by atoms with Gasteiger partial charge in [0.15, 0.2) is 11.4 Å². The van der Waals surface area contributed by atoms with E-state index in [1.165, 1.54) is 18.3 Å². The highest BCUT2D eigenvalue weighted by Gasteiger charge is 2.12. The fourth-order valence-electron chi connectivity index (χ4n) is 1.53. The number of carbonyl (C=O) groups is 1. The third-order valence-electron chi connectivity index (χ3n) is 2.51. The molecule has 0 atom stereocenters. The maximum Gasteiger partial charge on any atom is 0.310 e. The first-order chi connectivity index (χ1) is 9.97. The van der Waals surface area contributed by atoms with Crippen molar-refractivity contribution < 1.29 is 14.8 Å². The lowest BCUT2D eigenvalue weighted by molar-refractivity contribution is -0.385. The minimum absolute atomic E-state index is 0.191. The average molecular weight is 289 g/mol. The smallest absolute Gasteiger partial charge is 0.310 e. The molecule has 2 aromatic rings. The highest BCUT2D eigenvalue weighted by Crippen LogP contribution is 2.25. The number of rotatable bonds is 4. The molecule has 1 aromatic carbocycles. The van der Waals surface area contributed by atoms with Gasteiger partial charge in [-0.25, -0.2) is 5.43 Å². The molecule has 0 aliphatic carbocycles. The van der Waals surface area contributed by atoms with E-state index in [2.05, 4.69) is 20.7 Å². The van der Waals surface area contributed by atoms with Crippen molar-refractivity contribution in [2.45, 2.75) is 6.92 Å². The molecule has 9 nitrogen and oxygen atoms in total. The summed E-state index contributed by atoms with van der Waals surface area (Å²) < 4.78 is 0. The van der Waals surface area contributed by atoms with Crippen LogP contribution < -0.4 is 5.43 Å². The van der Waals surface area contributed by atoms with Gasteiger partial charge in [0.2, 0.25) is 0 Å². The number of nitrogens with zero attached hydrogens (tertiary/aromatic N) is 3. The number of H-pyrrole nitrogens is 1. The molecule has 1 heterocycles. The molecular weight excluding hydrogens is 278 g/mol. The van der Waals surface area contributed by atoms with Crippen LogP contribution in [0.3, 0.4) is 0 Å². The van der Waals surface area contributed by atoms with Crippen molar-refractivity contribution in [1.82, 2.24) is 15.6 Å². The van der Waals surface area contributed by atoms with E-state index >= 15 is 0 Å². The molecule has 1 amide bonds. The summed E-state index contributed by atoms with van der Waals surface area (Å²) in [5.41, 5.74) is 3.18. The number of amides is 1. The van der Waals surface area contributed by atoms with Crippen molar-refractivity contribution in [2.75, 3.05) is 0 Å². The number of aromatic amines is 1. The summed E-state index contributed by atoms with van der Waals surface area (Å²) in [5.74, 6) is -0.972. The second kappa shape index (κ2) is 5.82. The van der Waals surface area contributed by atoms with Crippen molar-refractivity contribution in [2.24, 2.45) is 5.10 Å². The first-order valence-corrected chi connectivity index (χ1v) is 5.80. The molecular formula is C12H11N5O4. The summed E-state index contributed by atoms with van der Waals surface area (Å²) >= 11 is 0. The number of hydrazone groups is 1. The Morgan fingerprint density at radius 1 is 1.52 bits per heavy atom. The number of benzene rings is 1. The first-order valence-electron chi connectivity index (χ1n) is 5.80. The van der Waals surface area contributed by atoms with Gasteiger partial charge in [0.25, 0.3) is 5.91 Å². The van der Waals surface area contributed by atoms with Crippen LogP contribution in [-0.2, 0) is 0 Å². The standard InChI is InChI=1S/C12H11N5O4/c1-7-4-9(15-14-7)12(19)16-13-6-8-2-3-10(17(20)21)11(18)5-8/h2-6,18H,1H3,(H,14,15)(H,16,19)/b13-6-. The molecule has 108 valence electrons. The van der Waals surface area contributed by atoms with Crippen molar-refractivity contribution in [3.63, 3.8) is 0 Å². The van der Waals surface area contributed by atoms with Crippen molar-refractivity contribution in [3.05, 3.63) is 51.3 Å². The Morgan fingerprint density at radius 2 is 2.29 bits per heavy atom. The van der Waals surface area contributed by atoms with Crippen LogP contribution in [0, 0.1) is 17.0 Å². The number of nitro groups is 1. The third-order valence-corrected chi connectivity index (χ3v) is 2.51. The molecule has 0 aliphatic rings. The number of nitrogens with one attached hydrogen (secondary N) is 2. The zero-order valence-corrected chi connectivity index (χ0v) is 10.9. The Morgan fingerprint density at radius 3 is 2.86 bits per heavy atom. The summed E-state index contributed by atoms with van der Waals surface area (Å²) in [4.78, 5) is 21.5. The molecule has 0 fully saturated rings. The number of hydrogen-bond acceptors (Lipinski definition) is 6. The Hall–Kier alpha value is -3.23. The highest BCUT2D eigenvalue weighted by atomic mass is 16.6. The Labute approximate surface area is 118 Å². The molecule has 0 spiro atoms. The quantitative estimate of drug-likeness (QED) is 0.440. The summed E-state index contributed by atoms with van der Waals surface area (Å²) in [5, 5.41) is 30.1. The minimum atomic E-state index is -0.696. The highest BCUT2D eigenvalue weighted by molar-refractivity contribution is 5.93. The summed E-state index contributed by atoms with van der Waals surface area (Å²) in [6, 6.07) is 5.27. The van der Waals surface area contributed by atoms with Gasteiger partial charge >= 0.3 is 5.69 Å². The van der Waals surface area contributed by atoms with Gasteiger partial charge in [-0.15, -0.1) is 0 Å². The molecule has 1 aromatic heterocycles. The lowest BCUT2D eigenvalue weighted by Gasteiger charge is -1.98. The van der Waals surface area contributed by atoms with E-state index in [1.54, 1.807) is 13.0 Å². The number of phenolic OH excluding ortho intramolecular Hbond substituents is 1. The van der Waals surface area contributed by atoms with Crippen LogP contribution >= 0.6 is 0 Å². The van der Waals surface area contributed by atoms with Crippen molar-refractivity contribution >= 4 is 17.8 Å². The first kappa shape index (κ1) is 14.2. The molecule has 2 rings (SSSR count). The number of carbonyl (C=O) groups excluding carboxylic acids is 1. The molecule has 0 aliphatic heterocycles. The minimum Gasteiger partial charge on any atom is -0.502 e. The predicted octanol–water partition coefficient (Wildman–Crippen LogP) is 1.10. The fourth-order valence-corrected chi connectivity index (χ4v) is 1.53. The van der Waals surface area contributed by atoms with Crippen molar-refractivity contribution in [3.8, 4) is 5.75 Å². The number of nitro benzene ring substituents is 1. The largest absolute Gasteiger partial charge is 0.502 e. The van der Waals surface area contributed by atoms with Crippen LogP contribution in [0.5, 0.6) is 5.75 Å². The summed E-state index contributed by atoms with van der Waals surface area (Å²) in [7, 11) is 0. The SMILES string of the molecule is Cc1cc(C(=O)N/N=C\c2ccc([N+](=O)[O-])c(O)c2)n[nH]1. The lowest BCUT2D eigenvalue weighted by atomic mass is 10.2. The van der Waals surface area contributed by atoms with Crippen LogP contribution in [0.25, 0.3) is 0 Å². The zero-order chi connectivity index (χ0) is 15.4. The molecule has 0 saturated heterocycles. The summed E-state index contributed by atoms with van der Waals surface area (Å²) in [6.07, 6.45) is 1.25. The topological polar surface area (TPSA) is 134 Å². The predicted molar refractivity (Wildman–Crippen MR) is 73.1 cm³/mol. The van der Waals surface area contributed by atoms with Crippen LogP contribution in [0.4, 0.5) is 5.69 Å². The van der Waals surface area contributed by atoms with Gasteiger partial charge in [-0.3, -0.25) is 20.0 Å². The van der Waals surface area contributed by atoms with Crippen LogP contribution in [0.1, 0.15) is 21.7 Å². The number of aromatic hydroxyl groups is 1. The second-order valence-electron chi connectivity index (χ2n) is 4.14. The zero-order valence-electron chi connectivity index (χ0n) is 10.9. The van der Waals surface area contributed by atoms with E-state index in [0.717, 1.165) is 11.8 Å². The third kappa shape index (κ3) is 3.41. The Kier molecular flexibility index (Phi) is 3.93. The Bertz CT molecular complexity index is 722.